The Kier molecular flexibility index (Phi) is 7.31. The van der Waals surface area contributed by atoms with Gasteiger partial charge in [-0.3, -0.25) is 4.79 Å². The van der Waals surface area contributed by atoms with E-state index in [9.17, 15) is 40.3 Å². The lowest BCUT2D eigenvalue weighted by Crippen LogP contribution is -2.49. The molecule has 34 heavy (non-hydrogen) atoms. The van der Waals surface area contributed by atoms with Crippen LogP contribution in [-0.4, -0.2) is 37.5 Å². The minimum Gasteiger partial charge on any atom is -0.387 e. The van der Waals surface area contributed by atoms with Gasteiger partial charge in [0.1, 0.15) is 12.0 Å². The number of hydrogen-bond acceptors (Lipinski definition) is 4. The number of benzene rings is 2. The van der Waals surface area contributed by atoms with Crippen LogP contribution in [0.1, 0.15) is 53.2 Å². The van der Waals surface area contributed by atoms with Crippen LogP contribution >= 0.6 is 11.6 Å². The number of rotatable bonds is 5. The summed E-state index contributed by atoms with van der Waals surface area (Å²) in [5.74, 6) is -2.13. The van der Waals surface area contributed by atoms with E-state index in [0.717, 1.165) is 12.3 Å². The number of hydrogen-bond donors (Lipinski definition) is 2. The van der Waals surface area contributed by atoms with Gasteiger partial charge in [-0.1, -0.05) is 23.7 Å². The summed E-state index contributed by atoms with van der Waals surface area (Å²) in [5, 5.41) is 13.2. The molecular weight excluding hydrogens is 505 g/mol. The number of aliphatic hydroxyl groups is 1. The highest BCUT2D eigenvalue weighted by Gasteiger charge is 2.44. The number of carbonyl (C=O) groups is 1. The molecule has 186 valence electrons. The van der Waals surface area contributed by atoms with Gasteiger partial charge >= 0.3 is 6.18 Å². The zero-order chi connectivity index (χ0) is 25.5. The lowest BCUT2D eigenvalue weighted by atomic mass is 9.76. The second kappa shape index (κ2) is 9.43. The minimum absolute atomic E-state index is 0.0754. The van der Waals surface area contributed by atoms with E-state index in [2.05, 4.69) is 5.32 Å². The first-order chi connectivity index (χ1) is 15.6. The molecule has 0 radical (unpaired) electrons. The fourth-order valence-corrected chi connectivity index (χ4v) is 5.13. The SMILES string of the molecule is CS(=O)(=O)c1ccc(C(F)(F)F)cc1C(=O)NC(c1cccc(F)c1Cl)[C@]1(O)CC[C@H](F)CC1. The van der Waals surface area contributed by atoms with E-state index in [-0.39, 0.29) is 31.2 Å². The molecule has 0 aromatic heterocycles. The number of sulfone groups is 1. The molecule has 0 aliphatic heterocycles. The number of nitrogens with one attached hydrogen (secondary N) is 1. The lowest BCUT2D eigenvalue weighted by molar-refractivity contribution is -0.137. The third-order valence-electron chi connectivity index (χ3n) is 5.84. The molecule has 1 amide bonds. The third kappa shape index (κ3) is 5.52. The molecule has 12 heteroatoms. The topological polar surface area (TPSA) is 83.5 Å². The lowest BCUT2D eigenvalue weighted by Gasteiger charge is -2.41. The zero-order valence-electron chi connectivity index (χ0n) is 17.8. The smallest absolute Gasteiger partial charge is 0.387 e. The predicted molar refractivity (Wildman–Crippen MR) is 114 cm³/mol. The molecule has 1 aliphatic carbocycles. The van der Waals surface area contributed by atoms with Crippen LogP contribution in [0, 0.1) is 5.82 Å². The summed E-state index contributed by atoms with van der Waals surface area (Å²) in [6, 6.07) is 3.72. The Bertz CT molecular complexity index is 1190. The second-order valence-electron chi connectivity index (χ2n) is 8.31. The first-order valence-electron chi connectivity index (χ1n) is 10.2. The summed E-state index contributed by atoms with van der Waals surface area (Å²) in [7, 11) is -4.13. The number of halogens is 6. The Hall–Kier alpha value is -2.24. The summed E-state index contributed by atoms with van der Waals surface area (Å²) < 4.78 is 92.0. The van der Waals surface area contributed by atoms with E-state index in [4.69, 9.17) is 11.6 Å². The first kappa shape index (κ1) is 26.4. The highest BCUT2D eigenvalue weighted by Crippen LogP contribution is 2.42. The van der Waals surface area contributed by atoms with Crippen LogP contribution in [0.15, 0.2) is 41.3 Å². The van der Waals surface area contributed by atoms with Crippen molar-refractivity contribution in [2.45, 2.75) is 54.6 Å². The largest absolute Gasteiger partial charge is 0.416 e. The van der Waals surface area contributed by atoms with Crippen LogP contribution in [0.4, 0.5) is 22.0 Å². The molecule has 1 saturated carbocycles. The standard InChI is InChI=1S/C22H21ClF5NO4S/c1-34(32,33)17-6-5-12(22(26,27)28)11-15(17)20(30)29-19(14-3-2-4-16(25)18(14)23)21(31)9-7-13(24)8-10-21/h2-6,11,13,19,31H,7-10H2,1H3,(H,29,30)/t13-,19?,21-. The third-order valence-corrected chi connectivity index (χ3v) is 7.39. The monoisotopic (exact) mass is 525 g/mol. The summed E-state index contributed by atoms with van der Waals surface area (Å²) in [6.07, 6.45) is -5.82. The van der Waals surface area contributed by atoms with Crippen molar-refractivity contribution in [2.24, 2.45) is 0 Å². The quantitative estimate of drug-likeness (QED) is 0.537. The number of carbonyl (C=O) groups excluding carboxylic acids is 1. The summed E-state index contributed by atoms with van der Waals surface area (Å²) in [6.45, 7) is 0. The Morgan fingerprint density at radius 2 is 1.82 bits per heavy atom. The van der Waals surface area contributed by atoms with Gasteiger partial charge < -0.3 is 10.4 Å². The van der Waals surface area contributed by atoms with Crippen molar-refractivity contribution >= 4 is 27.3 Å². The van der Waals surface area contributed by atoms with Crippen LogP contribution in [0.3, 0.4) is 0 Å². The first-order valence-corrected chi connectivity index (χ1v) is 12.4. The van der Waals surface area contributed by atoms with Gasteiger partial charge in [-0.2, -0.15) is 13.2 Å². The summed E-state index contributed by atoms with van der Waals surface area (Å²) >= 11 is 6.06. The molecule has 1 unspecified atom stereocenters. The maximum absolute atomic E-state index is 14.2. The molecular formula is C22H21ClF5NO4S. The number of alkyl halides is 4. The fourth-order valence-electron chi connectivity index (χ4n) is 4.03. The Morgan fingerprint density at radius 1 is 1.21 bits per heavy atom. The van der Waals surface area contributed by atoms with E-state index >= 15 is 0 Å². The van der Waals surface area contributed by atoms with Gasteiger partial charge in [0.15, 0.2) is 9.84 Å². The Labute approximate surface area is 197 Å². The van der Waals surface area contributed by atoms with Crippen LogP contribution in [0.2, 0.25) is 5.02 Å². The van der Waals surface area contributed by atoms with E-state index in [0.29, 0.717) is 18.2 Å². The predicted octanol–water partition coefficient (Wildman–Crippen LogP) is 5.02. The highest BCUT2D eigenvalue weighted by molar-refractivity contribution is 7.90. The molecule has 0 saturated heterocycles. The van der Waals surface area contributed by atoms with Gasteiger partial charge in [-0.15, -0.1) is 0 Å². The maximum Gasteiger partial charge on any atom is 0.416 e. The molecule has 1 aliphatic rings. The minimum atomic E-state index is -4.87. The van der Waals surface area contributed by atoms with Crippen molar-refractivity contribution in [1.29, 1.82) is 0 Å². The average Bonchev–Trinajstić information content (AvgIpc) is 2.74. The summed E-state index contributed by atoms with van der Waals surface area (Å²) in [4.78, 5) is 12.5. The van der Waals surface area contributed by atoms with Crippen molar-refractivity contribution in [3.05, 3.63) is 63.9 Å². The van der Waals surface area contributed by atoms with Gasteiger partial charge in [-0.25, -0.2) is 17.2 Å². The molecule has 1 atom stereocenters. The zero-order valence-corrected chi connectivity index (χ0v) is 19.4. The molecule has 0 bridgehead atoms. The molecule has 3 rings (SSSR count). The van der Waals surface area contributed by atoms with Crippen molar-refractivity contribution in [2.75, 3.05) is 6.26 Å². The molecule has 0 heterocycles. The van der Waals surface area contributed by atoms with E-state index in [1.807, 2.05) is 0 Å². The van der Waals surface area contributed by atoms with Gasteiger partial charge in [0, 0.05) is 6.26 Å². The van der Waals surface area contributed by atoms with Crippen molar-refractivity contribution < 1.29 is 40.3 Å². The van der Waals surface area contributed by atoms with Crippen molar-refractivity contribution in [3.8, 4) is 0 Å². The molecule has 5 nitrogen and oxygen atoms in total. The van der Waals surface area contributed by atoms with E-state index in [1.165, 1.54) is 12.1 Å². The van der Waals surface area contributed by atoms with Crippen LogP contribution in [-0.2, 0) is 16.0 Å². The van der Waals surface area contributed by atoms with Crippen LogP contribution in [0.25, 0.3) is 0 Å². The number of amides is 1. The van der Waals surface area contributed by atoms with Gasteiger partial charge in [-0.05, 0) is 55.5 Å². The molecule has 2 N–H and O–H groups in total. The molecule has 2 aromatic rings. The fraction of sp³-hybridized carbons (Fsp3) is 0.409. The highest BCUT2D eigenvalue weighted by atomic mass is 35.5. The molecule has 2 aromatic carbocycles. The Balaban J connectivity index is 2.12. The maximum atomic E-state index is 14.2. The Morgan fingerprint density at radius 3 is 2.38 bits per heavy atom. The molecule has 0 spiro atoms. The van der Waals surface area contributed by atoms with Gasteiger partial charge in [0.05, 0.1) is 32.7 Å². The second-order valence-corrected chi connectivity index (χ2v) is 10.7. The molecule has 1 fully saturated rings. The normalized spacial score (nSPS) is 22.3. The van der Waals surface area contributed by atoms with Gasteiger partial charge in [0.2, 0.25) is 0 Å². The van der Waals surface area contributed by atoms with Gasteiger partial charge in [0.25, 0.3) is 5.91 Å². The van der Waals surface area contributed by atoms with Crippen LogP contribution < -0.4 is 5.32 Å². The van der Waals surface area contributed by atoms with Crippen molar-refractivity contribution in [3.63, 3.8) is 0 Å². The average molecular weight is 526 g/mol. The van der Waals surface area contributed by atoms with Crippen LogP contribution in [0.5, 0.6) is 0 Å². The van der Waals surface area contributed by atoms with Crippen molar-refractivity contribution in [1.82, 2.24) is 5.32 Å². The van der Waals surface area contributed by atoms with E-state index < -0.39 is 66.6 Å². The summed E-state index contributed by atoms with van der Waals surface area (Å²) in [5.41, 5.74) is -3.97. The van der Waals surface area contributed by atoms with E-state index in [1.54, 1.807) is 0 Å².